The van der Waals surface area contributed by atoms with Crippen LogP contribution in [-0.2, 0) is 6.54 Å². The van der Waals surface area contributed by atoms with Gasteiger partial charge in [-0.1, -0.05) is 24.3 Å². The van der Waals surface area contributed by atoms with Crippen molar-refractivity contribution in [1.29, 1.82) is 0 Å². The largest absolute Gasteiger partial charge is 1.00 e. The fourth-order valence-electron chi connectivity index (χ4n) is 2.35. The van der Waals surface area contributed by atoms with Crippen molar-refractivity contribution in [2.24, 2.45) is 0 Å². The molecule has 0 spiro atoms. The first kappa shape index (κ1) is 12.4. The van der Waals surface area contributed by atoms with Crippen molar-refractivity contribution in [3.63, 3.8) is 0 Å². The third kappa shape index (κ3) is 1.82. The summed E-state index contributed by atoms with van der Waals surface area (Å²) in [5.41, 5.74) is 2.18. The minimum Gasteiger partial charge on any atom is -1.00 e. The summed E-state index contributed by atoms with van der Waals surface area (Å²) in [6, 6.07) is 12.6. The number of halogens is 1. The molecule has 3 heteroatoms. The fraction of sp³-hybridized carbons (Fsp3) is 0.214. The fourth-order valence-corrected chi connectivity index (χ4v) is 2.35. The van der Waals surface area contributed by atoms with Crippen molar-refractivity contribution in [1.82, 2.24) is 0 Å². The van der Waals surface area contributed by atoms with E-state index in [0.717, 1.165) is 18.0 Å². The van der Waals surface area contributed by atoms with E-state index < -0.39 is 0 Å². The maximum absolute atomic E-state index is 5.76. The molecular formula is C14H14INO. The zero-order valence-electron chi connectivity index (χ0n) is 9.90. The normalized spacial score (nSPS) is 10.7. The van der Waals surface area contributed by atoms with E-state index in [-0.39, 0.29) is 24.0 Å². The van der Waals surface area contributed by atoms with Crippen LogP contribution < -0.4 is 28.5 Å². The second-order valence-corrected chi connectivity index (χ2v) is 4.00. The Hall–Kier alpha value is -1.10. The zero-order valence-corrected chi connectivity index (χ0v) is 12.1. The molecule has 17 heavy (non-hydrogen) atoms. The molecule has 0 aliphatic heterocycles. The molecule has 0 atom stereocenters. The average molecular weight is 339 g/mol. The van der Waals surface area contributed by atoms with Crippen molar-refractivity contribution in [2.45, 2.75) is 20.4 Å². The van der Waals surface area contributed by atoms with E-state index in [1.807, 2.05) is 6.92 Å². The highest BCUT2D eigenvalue weighted by Crippen LogP contribution is 2.24. The Morgan fingerprint density at radius 3 is 2.65 bits per heavy atom. The minimum absolute atomic E-state index is 0. The number of nitrogens with zero attached hydrogens (tertiary/aromatic N) is 1. The Balaban J connectivity index is 0.00000108. The van der Waals surface area contributed by atoms with E-state index in [9.17, 15) is 0 Å². The van der Waals surface area contributed by atoms with Crippen LogP contribution >= 0.6 is 0 Å². The molecule has 0 aliphatic carbocycles. The lowest BCUT2D eigenvalue weighted by Gasteiger charge is -1.95. The van der Waals surface area contributed by atoms with Gasteiger partial charge in [0.05, 0.1) is 12.3 Å². The Labute approximate surface area is 117 Å². The summed E-state index contributed by atoms with van der Waals surface area (Å²) < 4.78 is 7.98. The molecule has 1 aromatic heterocycles. The first-order chi connectivity index (χ1) is 7.81. The van der Waals surface area contributed by atoms with Crippen LogP contribution in [0.5, 0.6) is 0 Å². The smallest absolute Gasteiger partial charge is 0.344 e. The zero-order chi connectivity index (χ0) is 11.1. The molecule has 0 aliphatic rings. The summed E-state index contributed by atoms with van der Waals surface area (Å²) in [5.74, 6) is 0.967. The summed E-state index contributed by atoms with van der Waals surface area (Å²) in [4.78, 5) is 0. The van der Waals surface area contributed by atoms with Crippen LogP contribution in [0.1, 0.15) is 12.8 Å². The van der Waals surface area contributed by atoms with Gasteiger partial charge in [-0.3, -0.25) is 0 Å². The standard InChI is InChI=1S/C14H14NO.HI/c1-3-15-10(2)16-13-9-8-11-6-4-5-7-12(11)14(13)15;/h4-9H,3H2,1-2H3;1H/q+1;/p-1. The number of aromatic nitrogens is 1. The van der Waals surface area contributed by atoms with E-state index >= 15 is 0 Å². The van der Waals surface area contributed by atoms with Crippen LogP contribution in [-0.4, -0.2) is 0 Å². The Morgan fingerprint density at radius 1 is 1.12 bits per heavy atom. The molecule has 3 aromatic rings. The van der Waals surface area contributed by atoms with Crippen LogP contribution in [0.15, 0.2) is 40.8 Å². The third-order valence-electron chi connectivity index (χ3n) is 3.09. The van der Waals surface area contributed by atoms with E-state index in [0.29, 0.717) is 0 Å². The van der Waals surface area contributed by atoms with Gasteiger partial charge in [-0.15, -0.1) is 0 Å². The molecule has 1 heterocycles. The molecule has 0 saturated heterocycles. The topological polar surface area (TPSA) is 17.0 Å². The monoisotopic (exact) mass is 339 g/mol. The van der Waals surface area contributed by atoms with Crippen LogP contribution in [0.4, 0.5) is 0 Å². The second kappa shape index (κ2) is 4.64. The molecule has 0 amide bonds. The number of rotatable bonds is 1. The molecule has 0 radical (unpaired) electrons. The SMILES string of the molecule is CC[n+]1c(C)oc2ccc3ccccc3c21.[I-]. The lowest BCUT2D eigenvalue weighted by Crippen LogP contribution is -3.00. The Bertz CT molecular complexity index is 672. The number of benzene rings is 2. The van der Waals surface area contributed by atoms with Gasteiger partial charge in [0.25, 0.3) is 5.52 Å². The van der Waals surface area contributed by atoms with E-state index in [1.54, 1.807) is 0 Å². The quantitative estimate of drug-likeness (QED) is 0.458. The van der Waals surface area contributed by atoms with Crippen molar-refractivity contribution in [3.05, 3.63) is 42.3 Å². The molecule has 2 nitrogen and oxygen atoms in total. The number of aryl methyl sites for hydroxylation is 2. The molecule has 3 rings (SSSR count). The van der Waals surface area contributed by atoms with E-state index in [2.05, 4.69) is 47.9 Å². The Kier molecular flexibility index (Phi) is 3.38. The highest BCUT2D eigenvalue weighted by Gasteiger charge is 2.19. The molecule has 0 fully saturated rings. The van der Waals surface area contributed by atoms with Crippen molar-refractivity contribution in [3.8, 4) is 0 Å². The molecule has 0 saturated carbocycles. The highest BCUT2D eigenvalue weighted by molar-refractivity contribution is 6.01. The van der Waals surface area contributed by atoms with Gasteiger partial charge >= 0.3 is 5.89 Å². The first-order valence-corrected chi connectivity index (χ1v) is 5.62. The maximum atomic E-state index is 5.76. The van der Waals surface area contributed by atoms with Crippen LogP contribution in [0.2, 0.25) is 0 Å². The van der Waals surface area contributed by atoms with E-state index in [1.165, 1.54) is 16.3 Å². The summed E-state index contributed by atoms with van der Waals surface area (Å²) in [6.45, 7) is 5.09. The van der Waals surface area contributed by atoms with Gasteiger partial charge in [0, 0.05) is 0 Å². The van der Waals surface area contributed by atoms with Crippen molar-refractivity contribution < 1.29 is 33.0 Å². The van der Waals surface area contributed by atoms with Crippen molar-refractivity contribution in [2.75, 3.05) is 0 Å². The summed E-state index contributed by atoms with van der Waals surface area (Å²) >= 11 is 0. The number of oxazole rings is 1. The van der Waals surface area contributed by atoms with Gasteiger partial charge in [-0.05, 0) is 24.4 Å². The van der Waals surface area contributed by atoms with Crippen LogP contribution in [0.3, 0.4) is 0 Å². The van der Waals surface area contributed by atoms with Crippen LogP contribution in [0.25, 0.3) is 21.9 Å². The minimum atomic E-state index is 0. The van der Waals surface area contributed by atoms with Gasteiger partial charge in [-0.2, -0.15) is 4.57 Å². The van der Waals surface area contributed by atoms with E-state index in [4.69, 9.17) is 4.42 Å². The molecule has 0 bridgehead atoms. The second-order valence-electron chi connectivity index (χ2n) is 4.00. The van der Waals surface area contributed by atoms with Crippen LogP contribution in [0, 0.1) is 6.92 Å². The lowest BCUT2D eigenvalue weighted by molar-refractivity contribution is -0.678. The maximum Gasteiger partial charge on any atom is 0.344 e. The van der Waals surface area contributed by atoms with Gasteiger partial charge in [0.2, 0.25) is 5.58 Å². The average Bonchev–Trinajstić information content (AvgIpc) is 2.65. The summed E-state index contributed by atoms with van der Waals surface area (Å²) in [6.07, 6.45) is 0. The van der Waals surface area contributed by atoms with Gasteiger partial charge in [0.15, 0.2) is 0 Å². The predicted octanol–water partition coefficient (Wildman–Crippen LogP) is 0.206. The highest BCUT2D eigenvalue weighted by atomic mass is 127. The van der Waals surface area contributed by atoms with Gasteiger partial charge in [0.1, 0.15) is 6.54 Å². The third-order valence-corrected chi connectivity index (χ3v) is 3.09. The first-order valence-electron chi connectivity index (χ1n) is 5.62. The molecule has 88 valence electrons. The molecular weight excluding hydrogens is 325 g/mol. The molecule has 0 N–H and O–H groups in total. The molecule has 2 aromatic carbocycles. The van der Waals surface area contributed by atoms with Gasteiger partial charge < -0.3 is 28.4 Å². The number of hydrogen-bond acceptors (Lipinski definition) is 1. The van der Waals surface area contributed by atoms with Crippen molar-refractivity contribution >= 4 is 21.9 Å². The lowest BCUT2D eigenvalue weighted by atomic mass is 10.1. The predicted molar refractivity (Wildman–Crippen MR) is 64.3 cm³/mol. The molecule has 0 unspecified atom stereocenters. The Morgan fingerprint density at radius 2 is 1.88 bits per heavy atom. The summed E-state index contributed by atoms with van der Waals surface area (Å²) in [7, 11) is 0. The van der Waals surface area contributed by atoms with Gasteiger partial charge in [-0.25, -0.2) is 0 Å². The summed E-state index contributed by atoms with van der Waals surface area (Å²) in [5, 5.41) is 2.52. The number of fused-ring (bicyclic) bond motifs is 3. The number of hydrogen-bond donors (Lipinski definition) is 0.